The third kappa shape index (κ3) is 4.63. The Morgan fingerprint density at radius 3 is 2.62 bits per heavy atom. The van der Waals surface area contributed by atoms with E-state index in [9.17, 15) is 14.0 Å². The maximum atomic E-state index is 13.4. The highest BCUT2D eigenvalue weighted by Crippen LogP contribution is 2.24. The van der Waals surface area contributed by atoms with E-state index in [1.807, 2.05) is 59.2 Å². The summed E-state index contributed by atoms with van der Waals surface area (Å²) in [6, 6.07) is 22.9. The highest BCUT2D eigenvalue weighted by atomic mass is 32.2. The molecule has 0 radical (unpaired) electrons. The number of benzene rings is 3. The van der Waals surface area contributed by atoms with Gasteiger partial charge in [0.25, 0.3) is 0 Å². The van der Waals surface area contributed by atoms with E-state index in [-0.39, 0.29) is 23.1 Å². The Balaban J connectivity index is 1.42. The van der Waals surface area contributed by atoms with Gasteiger partial charge in [-0.3, -0.25) is 18.7 Å². The molecule has 5 aromatic rings. The number of rotatable bonds is 7. The first kappa shape index (κ1) is 22.1. The number of nitrogens with zero attached hydrogens (tertiary/aromatic N) is 4. The van der Waals surface area contributed by atoms with Crippen molar-refractivity contribution in [2.75, 3.05) is 11.1 Å². The Bertz CT molecular complexity index is 1530. The van der Waals surface area contributed by atoms with Crippen molar-refractivity contribution in [3.63, 3.8) is 0 Å². The number of anilines is 1. The van der Waals surface area contributed by atoms with Gasteiger partial charge in [0.05, 0.1) is 22.5 Å². The molecule has 0 bridgehead atoms. The zero-order chi connectivity index (χ0) is 23.5. The molecule has 0 spiro atoms. The monoisotopic (exact) mass is 491 g/mol. The van der Waals surface area contributed by atoms with E-state index in [0.29, 0.717) is 16.7 Å². The first-order valence-electron chi connectivity index (χ1n) is 10.3. The van der Waals surface area contributed by atoms with Crippen LogP contribution in [0, 0.1) is 5.82 Å². The van der Waals surface area contributed by atoms with Crippen molar-refractivity contribution in [3.8, 4) is 5.69 Å². The summed E-state index contributed by atoms with van der Waals surface area (Å²) in [4.78, 5) is 25.0. The Morgan fingerprint density at radius 1 is 1.00 bits per heavy atom. The third-order valence-corrected chi connectivity index (χ3v) is 6.92. The molecule has 34 heavy (non-hydrogen) atoms. The fourth-order valence-electron chi connectivity index (χ4n) is 3.53. The van der Waals surface area contributed by atoms with Gasteiger partial charge in [-0.15, -0.1) is 10.2 Å². The summed E-state index contributed by atoms with van der Waals surface area (Å²) in [7, 11) is 0. The molecule has 1 amide bonds. The summed E-state index contributed by atoms with van der Waals surface area (Å²) in [5.74, 6) is -0.0807. The number of thiazole rings is 1. The zero-order valence-corrected chi connectivity index (χ0v) is 19.4. The van der Waals surface area contributed by atoms with Gasteiger partial charge in [-0.1, -0.05) is 59.5 Å². The molecular formula is C24H18FN5O2S2. The molecule has 1 N–H and O–H groups in total. The number of nitrogens with one attached hydrogen (secondary N) is 1. The fraction of sp³-hybridized carbons (Fsp3) is 0.0833. The lowest BCUT2D eigenvalue weighted by Crippen LogP contribution is -2.17. The van der Waals surface area contributed by atoms with Gasteiger partial charge in [-0.25, -0.2) is 4.39 Å². The smallest absolute Gasteiger partial charge is 0.308 e. The van der Waals surface area contributed by atoms with Crippen LogP contribution in [0.25, 0.3) is 15.9 Å². The quantitative estimate of drug-likeness (QED) is 0.338. The van der Waals surface area contributed by atoms with E-state index < -0.39 is 5.82 Å². The van der Waals surface area contributed by atoms with Crippen LogP contribution >= 0.6 is 23.1 Å². The van der Waals surface area contributed by atoms with Crippen molar-refractivity contribution < 1.29 is 9.18 Å². The van der Waals surface area contributed by atoms with Gasteiger partial charge in [0, 0.05) is 11.4 Å². The van der Waals surface area contributed by atoms with Crippen LogP contribution in [-0.2, 0) is 11.3 Å². The van der Waals surface area contributed by atoms with Crippen LogP contribution in [0.2, 0.25) is 0 Å². The lowest BCUT2D eigenvalue weighted by Gasteiger charge is -2.11. The molecule has 0 saturated carbocycles. The van der Waals surface area contributed by atoms with Crippen LogP contribution < -0.4 is 10.2 Å². The number of halogens is 1. The summed E-state index contributed by atoms with van der Waals surface area (Å²) in [5, 5.41) is 11.8. The average Bonchev–Trinajstić information content (AvgIpc) is 3.39. The average molecular weight is 492 g/mol. The number of para-hydroxylation sites is 2. The lowest BCUT2D eigenvalue weighted by molar-refractivity contribution is -0.113. The second kappa shape index (κ2) is 9.62. The maximum Gasteiger partial charge on any atom is 0.308 e. The molecule has 2 heterocycles. The molecule has 2 aromatic heterocycles. The Labute approximate surface area is 201 Å². The molecule has 5 rings (SSSR count). The second-order valence-corrected chi connectivity index (χ2v) is 9.27. The van der Waals surface area contributed by atoms with Crippen molar-refractivity contribution in [1.82, 2.24) is 19.3 Å². The molecule has 0 unspecified atom stereocenters. The Hall–Kier alpha value is -3.76. The van der Waals surface area contributed by atoms with Crippen molar-refractivity contribution in [1.29, 1.82) is 0 Å². The van der Waals surface area contributed by atoms with E-state index in [1.54, 1.807) is 10.6 Å². The topological polar surface area (TPSA) is 81.8 Å². The standard InChI is InChI=1S/C24H18FN5O2S2/c25-16-7-6-8-17(13-16)26-22(31)15-33-23-28-27-21(30(23)18-9-2-1-3-10-18)14-29-19-11-4-5-12-20(19)34-24(29)32/h1-13H,14-15H2,(H,26,31). The molecule has 0 saturated heterocycles. The minimum Gasteiger partial charge on any atom is -0.325 e. The van der Waals surface area contributed by atoms with Gasteiger partial charge in [-0.2, -0.15) is 0 Å². The number of hydrogen-bond acceptors (Lipinski definition) is 6. The molecule has 0 aliphatic rings. The van der Waals surface area contributed by atoms with Crippen LogP contribution in [0.1, 0.15) is 5.82 Å². The first-order valence-corrected chi connectivity index (χ1v) is 12.1. The highest BCUT2D eigenvalue weighted by Gasteiger charge is 2.18. The first-order chi connectivity index (χ1) is 16.6. The SMILES string of the molecule is O=C(CSc1nnc(Cn2c(=O)sc3ccccc32)n1-c1ccccc1)Nc1cccc(F)c1. The van der Waals surface area contributed by atoms with Crippen LogP contribution in [0.5, 0.6) is 0 Å². The molecule has 0 fully saturated rings. The van der Waals surface area contributed by atoms with Crippen molar-refractivity contribution >= 4 is 44.9 Å². The minimum absolute atomic E-state index is 0.0583. The summed E-state index contributed by atoms with van der Waals surface area (Å²) < 4.78 is 17.8. The number of aromatic nitrogens is 4. The van der Waals surface area contributed by atoms with Crippen LogP contribution in [0.15, 0.2) is 88.8 Å². The van der Waals surface area contributed by atoms with Crippen molar-refractivity contribution in [2.45, 2.75) is 11.7 Å². The Kier molecular flexibility index (Phi) is 6.24. The van der Waals surface area contributed by atoms with E-state index in [2.05, 4.69) is 15.5 Å². The molecule has 0 atom stereocenters. The highest BCUT2D eigenvalue weighted by molar-refractivity contribution is 7.99. The third-order valence-electron chi connectivity index (χ3n) is 5.03. The van der Waals surface area contributed by atoms with Crippen molar-refractivity contribution in [2.24, 2.45) is 0 Å². The zero-order valence-electron chi connectivity index (χ0n) is 17.7. The van der Waals surface area contributed by atoms with Gasteiger partial charge in [-0.05, 0) is 42.5 Å². The number of amides is 1. The lowest BCUT2D eigenvalue weighted by atomic mass is 10.3. The number of carbonyl (C=O) groups excluding carboxylic acids is 1. The minimum atomic E-state index is -0.421. The predicted octanol–water partition coefficient (Wildman–Crippen LogP) is 4.56. The molecule has 170 valence electrons. The largest absolute Gasteiger partial charge is 0.325 e. The van der Waals surface area contributed by atoms with Gasteiger partial charge < -0.3 is 5.32 Å². The predicted molar refractivity (Wildman–Crippen MR) is 132 cm³/mol. The van der Waals surface area contributed by atoms with Crippen LogP contribution in [0.3, 0.4) is 0 Å². The second-order valence-electron chi connectivity index (χ2n) is 7.34. The number of thioether (sulfide) groups is 1. The molecule has 0 aliphatic heterocycles. The molecule has 10 heteroatoms. The molecule has 0 aliphatic carbocycles. The summed E-state index contributed by atoms with van der Waals surface area (Å²) in [6.07, 6.45) is 0. The van der Waals surface area contributed by atoms with E-state index in [4.69, 9.17) is 0 Å². The maximum absolute atomic E-state index is 13.4. The summed E-state index contributed by atoms with van der Waals surface area (Å²) in [5.41, 5.74) is 2.05. The van der Waals surface area contributed by atoms with E-state index in [0.717, 1.165) is 15.9 Å². The molecule has 7 nitrogen and oxygen atoms in total. The molecule has 3 aromatic carbocycles. The number of hydrogen-bond donors (Lipinski definition) is 1. The van der Waals surface area contributed by atoms with Gasteiger partial charge in [0.1, 0.15) is 5.82 Å². The number of fused-ring (bicyclic) bond motifs is 1. The van der Waals surface area contributed by atoms with Gasteiger partial charge >= 0.3 is 4.87 Å². The summed E-state index contributed by atoms with van der Waals surface area (Å²) >= 11 is 2.40. The van der Waals surface area contributed by atoms with E-state index in [1.165, 1.54) is 41.3 Å². The van der Waals surface area contributed by atoms with E-state index >= 15 is 0 Å². The Morgan fingerprint density at radius 2 is 1.79 bits per heavy atom. The van der Waals surface area contributed by atoms with Crippen LogP contribution in [0.4, 0.5) is 10.1 Å². The van der Waals surface area contributed by atoms with Gasteiger partial charge in [0.2, 0.25) is 5.91 Å². The number of carbonyl (C=O) groups is 1. The normalized spacial score (nSPS) is 11.1. The fourth-order valence-corrected chi connectivity index (χ4v) is 5.19. The molecular weight excluding hydrogens is 473 g/mol. The van der Waals surface area contributed by atoms with Crippen molar-refractivity contribution in [3.05, 3.63) is 100 Å². The summed E-state index contributed by atoms with van der Waals surface area (Å²) in [6.45, 7) is 0.237. The van der Waals surface area contributed by atoms with Gasteiger partial charge in [0.15, 0.2) is 11.0 Å². The van der Waals surface area contributed by atoms with Crippen LogP contribution in [-0.4, -0.2) is 31.0 Å².